The largest absolute Gasteiger partial charge is 0.416 e. The molecule has 1 unspecified atom stereocenters. The van der Waals surface area contributed by atoms with E-state index in [9.17, 15) is 0 Å². The van der Waals surface area contributed by atoms with E-state index in [-0.39, 0.29) is 0 Å². The van der Waals surface area contributed by atoms with Gasteiger partial charge in [-0.3, -0.25) is 0 Å². The van der Waals surface area contributed by atoms with Crippen LogP contribution in [-0.2, 0) is 4.43 Å². The van der Waals surface area contributed by atoms with Gasteiger partial charge in [0.15, 0.2) is 0 Å². The van der Waals surface area contributed by atoms with Crippen molar-refractivity contribution in [1.29, 1.82) is 0 Å². The molecule has 1 atom stereocenters. The van der Waals surface area contributed by atoms with Gasteiger partial charge in [0.2, 0.25) is 8.32 Å². The first-order chi connectivity index (χ1) is 6.87. The summed E-state index contributed by atoms with van der Waals surface area (Å²) in [6.45, 7) is 12.4. The summed E-state index contributed by atoms with van der Waals surface area (Å²) in [5.41, 5.74) is 0. The highest BCUT2D eigenvalue weighted by Crippen LogP contribution is 2.37. The fraction of sp³-hybridized carbons (Fsp3) is 1.00. The maximum atomic E-state index is 6.18. The zero-order valence-corrected chi connectivity index (χ0v) is 13.6. The molecule has 15 heavy (non-hydrogen) atoms. The molecule has 0 saturated heterocycles. The van der Waals surface area contributed by atoms with Crippen LogP contribution in [-0.4, -0.2) is 19.9 Å². The third-order valence-corrected chi connectivity index (χ3v) is 11.0. The maximum Gasteiger partial charge on any atom is 0.205 e. The molecule has 0 bridgehead atoms. The lowest BCUT2D eigenvalue weighted by atomic mass is 10.2. The van der Waals surface area contributed by atoms with Crippen molar-refractivity contribution < 1.29 is 4.43 Å². The van der Waals surface area contributed by atoms with Crippen LogP contribution in [0.4, 0.5) is 0 Å². The summed E-state index contributed by atoms with van der Waals surface area (Å²) in [6, 6.07) is 0. The number of hydrogen-bond acceptors (Lipinski definition) is 1. The predicted octanol–water partition coefficient (Wildman–Crippen LogP) is 4.89. The van der Waals surface area contributed by atoms with Crippen molar-refractivity contribution in [3.8, 4) is 0 Å². The van der Waals surface area contributed by atoms with Crippen molar-refractivity contribution in [1.82, 2.24) is 0 Å². The highest BCUT2D eigenvalue weighted by molar-refractivity contribution is 9.09. The molecule has 0 aromatic carbocycles. The minimum Gasteiger partial charge on any atom is -0.416 e. The quantitative estimate of drug-likeness (QED) is 0.369. The number of alkyl halides is 1. The molecule has 0 spiro atoms. The summed E-state index contributed by atoms with van der Waals surface area (Å²) >= 11 is 3.63. The highest BCUT2D eigenvalue weighted by atomic mass is 79.9. The van der Waals surface area contributed by atoms with Gasteiger partial charge in [-0.25, -0.2) is 0 Å². The third-order valence-electron chi connectivity index (χ3n) is 3.26. The molecule has 0 aliphatic heterocycles. The average molecular weight is 295 g/mol. The van der Waals surface area contributed by atoms with Gasteiger partial charge in [0.25, 0.3) is 0 Å². The van der Waals surface area contributed by atoms with Crippen molar-refractivity contribution in [2.75, 3.05) is 11.6 Å². The fourth-order valence-electron chi connectivity index (χ4n) is 1.28. The average Bonchev–Trinajstić information content (AvgIpc) is 2.15. The Morgan fingerprint density at radius 1 is 1.13 bits per heavy atom. The van der Waals surface area contributed by atoms with Crippen LogP contribution in [0.3, 0.4) is 0 Å². The topological polar surface area (TPSA) is 9.23 Å². The first kappa shape index (κ1) is 15.7. The maximum absolute atomic E-state index is 6.18. The Bertz CT molecular complexity index is 167. The summed E-state index contributed by atoms with van der Waals surface area (Å²) in [6.07, 6.45) is 5.17. The molecule has 0 radical (unpaired) electrons. The number of halogens is 1. The van der Waals surface area contributed by atoms with Crippen molar-refractivity contribution in [2.45, 2.75) is 65.0 Å². The fourth-order valence-corrected chi connectivity index (χ4v) is 5.80. The molecule has 3 heteroatoms. The van der Waals surface area contributed by atoms with Crippen molar-refractivity contribution in [2.24, 2.45) is 0 Å². The first-order valence-corrected chi connectivity index (χ1v) is 9.81. The van der Waals surface area contributed by atoms with E-state index < -0.39 is 8.32 Å². The van der Waals surface area contributed by atoms with Gasteiger partial charge >= 0.3 is 0 Å². The van der Waals surface area contributed by atoms with Crippen LogP contribution < -0.4 is 0 Å². The Morgan fingerprint density at radius 3 is 2.13 bits per heavy atom. The van der Waals surface area contributed by atoms with Crippen LogP contribution in [0.25, 0.3) is 0 Å². The Kier molecular flexibility index (Phi) is 7.38. The van der Waals surface area contributed by atoms with Crippen LogP contribution in [0.15, 0.2) is 0 Å². The van der Waals surface area contributed by atoms with Crippen molar-refractivity contribution >= 4 is 24.2 Å². The summed E-state index contributed by atoms with van der Waals surface area (Å²) in [4.78, 5) is 1.04. The molecule has 0 heterocycles. The normalized spacial score (nSPS) is 16.4. The van der Waals surface area contributed by atoms with Gasteiger partial charge in [0.1, 0.15) is 0 Å². The number of unbranched alkanes of at least 4 members (excludes halogenated alkanes) is 3. The summed E-state index contributed by atoms with van der Waals surface area (Å²) in [5.74, 6) is 0. The molecule has 1 nitrogen and oxygen atoms in total. The molecular formula is C12H27BrOSi. The second-order valence-corrected chi connectivity index (χ2v) is 11.7. The molecule has 0 aliphatic carbocycles. The Hall–Kier alpha value is 0.657. The summed E-state index contributed by atoms with van der Waals surface area (Å²) in [5, 5.41) is 0.321. The second-order valence-electron chi connectivity index (χ2n) is 5.52. The first-order valence-electron chi connectivity index (χ1n) is 6.07. The molecule has 0 aromatic rings. The van der Waals surface area contributed by atoms with Gasteiger partial charge in [-0.15, -0.1) is 0 Å². The third kappa shape index (κ3) is 5.50. The standard InChI is InChI=1S/C12H27BrOSi/c1-6-7-8-9-10-14-15(5,11-13)12(2,3)4/h6-11H2,1-5H3. The van der Waals surface area contributed by atoms with E-state index in [4.69, 9.17) is 4.43 Å². The van der Waals surface area contributed by atoms with E-state index in [0.29, 0.717) is 5.04 Å². The van der Waals surface area contributed by atoms with Crippen molar-refractivity contribution in [3.05, 3.63) is 0 Å². The van der Waals surface area contributed by atoms with Gasteiger partial charge in [0.05, 0.1) is 0 Å². The van der Waals surface area contributed by atoms with Gasteiger partial charge in [-0.1, -0.05) is 62.9 Å². The number of hydrogen-bond donors (Lipinski definition) is 0. The zero-order chi connectivity index (χ0) is 11.9. The monoisotopic (exact) mass is 294 g/mol. The summed E-state index contributed by atoms with van der Waals surface area (Å²) < 4.78 is 6.18. The van der Waals surface area contributed by atoms with Crippen LogP contribution in [0, 0.1) is 0 Å². The lowest BCUT2D eigenvalue weighted by molar-refractivity contribution is 0.277. The Morgan fingerprint density at radius 2 is 1.73 bits per heavy atom. The van der Waals surface area contributed by atoms with E-state index in [1.165, 1.54) is 25.7 Å². The SMILES string of the molecule is CCCCCCO[Si](C)(CBr)C(C)(C)C. The van der Waals surface area contributed by atoms with Gasteiger partial charge < -0.3 is 4.43 Å². The smallest absolute Gasteiger partial charge is 0.205 e. The van der Waals surface area contributed by atoms with Crippen molar-refractivity contribution in [3.63, 3.8) is 0 Å². The molecule has 92 valence electrons. The molecule has 0 amide bonds. The predicted molar refractivity (Wildman–Crippen MR) is 75.2 cm³/mol. The highest BCUT2D eigenvalue weighted by Gasteiger charge is 2.40. The van der Waals surface area contributed by atoms with Gasteiger partial charge in [0, 0.05) is 11.6 Å². The van der Waals surface area contributed by atoms with E-state index in [2.05, 4.69) is 50.2 Å². The van der Waals surface area contributed by atoms with E-state index in [1.807, 2.05) is 0 Å². The van der Waals surface area contributed by atoms with E-state index >= 15 is 0 Å². The Labute approximate surface area is 105 Å². The van der Waals surface area contributed by atoms with Gasteiger partial charge in [-0.05, 0) is 18.0 Å². The molecule has 0 rings (SSSR count). The molecule has 0 aliphatic rings. The molecule has 0 N–H and O–H groups in total. The van der Waals surface area contributed by atoms with Crippen LogP contribution in [0.2, 0.25) is 11.6 Å². The number of rotatable bonds is 7. The minimum absolute atomic E-state index is 0.321. The lowest BCUT2D eigenvalue weighted by Crippen LogP contribution is -2.46. The zero-order valence-electron chi connectivity index (χ0n) is 11.0. The minimum atomic E-state index is -1.57. The Balaban J connectivity index is 3.90. The van der Waals surface area contributed by atoms with E-state index in [0.717, 1.165) is 11.6 Å². The molecular weight excluding hydrogens is 268 g/mol. The lowest BCUT2D eigenvalue weighted by Gasteiger charge is -2.38. The molecule has 0 fully saturated rings. The van der Waals surface area contributed by atoms with Gasteiger partial charge in [-0.2, -0.15) is 0 Å². The summed E-state index contributed by atoms with van der Waals surface area (Å²) in [7, 11) is -1.57. The van der Waals surface area contributed by atoms with Crippen LogP contribution in [0.5, 0.6) is 0 Å². The van der Waals surface area contributed by atoms with E-state index in [1.54, 1.807) is 0 Å². The molecule has 0 saturated carbocycles. The molecule has 0 aromatic heterocycles. The van der Waals surface area contributed by atoms with Crippen LogP contribution >= 0.6 is 15.9 Å². The van der Waals surface area contributed by atoms with Crippen LogP contribution in [0.1, 0.15) is 53.4 Å². The second kappa shape index (κ2) is 7.07.